The summed E-state index contributed by atoms with van der Waals surface area (Å²) in [6, 6.07) is 20.4. The molecule has 1 heterocycles. The summed E-state index contributed by atoms with van der Waals surface area (Å²) in [7, 11) is 0. The molecule has 0 fully saturated rings. The number of esters is 1. The molecule has 0 radical (unpaired) electrons. The van der Waals surface area contributed by atoms with Gasteiger partial charge < -0.3 is 14.9 Å². The third-order valence-corrected chi connectivity index (χ3v) is 5.54. The summed E-state index contributed by atoms with van der Waals surface area (Å²) >= 11 is 0. The molecule has 4 rings (SSSR count). The molecule has 7 heteroatoms. The van der Waals surface area contributed by atoms with Crippen LogP contribution in [0.2, 0.25) is 0 Å². The summed E-state index contributed by atoms with van der Waals surface area (Å²) in [6.07, 6.45) is 4.15. The Kier molecular flexibility index (Phi) is 10.1. The minimum Gasteiger partial charge on any atom is -0.507 e. The van der Waals surface area contributed by atoms with Gasteiger partial charge in [-0.25, -0.2) is 19.7 Å². The predicted octanol–water partition coefficient (Wildman–Crippen LogP) is 7.05. The number of hydrogen-bond acceptors (Lipinski definition) is 7. The Morgan fingerprint density at radius 3 is 1.73 bits per heavy atom. The van der Waals surface area contributed by atoms with Crippen molar-refractivity contribution in [3.05, 3.63) is 78.4 Å². The van der Waals surface area contributed by atoms with Crippen molar-refractivity contribution in [3.63, 3.8) is 0 Å². The maximum atomic E-state index is 12.4. The Morgan fingerprint density at radius 2 is 1.22 bits per heavy atom. The average Bonchev–Trinajstić information content (AvgIpc) is 2.94. The van der Waals surface area contributed by atoms with E-state index in [-0.39, 0.29) is 29.1 Å². The van der Waals surface area contributed by atoms with Crippen molar-refractivity contribution in [1.82, 2.24) is 15.0 Å². The number of para-hydroxylation sites is 2. The Balaban J connectivity index is 0.00000186. The molecule has 192 valence electrons. The molecule has 1 aromatic heterocycles. The van der Waals surface area contributed by atoms with Crippen LogP contribution >= 0.6 is 0 Å². The Morgan fingerprint density at radius 1 is 0.703 bits per heavy atom. The van der Waals surface area contributed by atoms with Crippen molar-refractivity contribution in [1.29, 1.82) is 0 Å². The van der Waals surface area contributed by atoms with E-state index < -0.39 is 0 Å². The van der Waals surface area contributed by atoms with Crippen LogP contribution in [-0.2, 0) is 4.74 Å². The summed E-state index contributed by atoms with van der Waals surface area (Å²) in [5, 5.41) is 20.7. The van der Waals surface area contributed by atoms with Crippen molar-refractivity contribution in [2.75, 3.05) is 6.61 Å². The molecular formula is C30H33N3O4. The topological polar surface area (TPSA) is 105 Å². The number of rotatable bonds is 9. The number of ether oxygens (including phenoxy) is 1. The number of carbonyl (C=O) groups is 1. The molecule has 3 aromatic carbocycles. The van der Waals surface area contributed by atoms with Gasteiger partial charge in [0.1, 0.15) is 11.5 Å². The second kappa shape index (κ2) is 13.7. The summed E-state index contributed by atoms with van der Waals surface area (Å²) in [5.74, 6) is 0.572. The first-order valence-electron chi connectivity index (χ1n) is 12.7. The molecule has 0 aliphatic carbocycles. The summed E-state index contributed by atoms with van der Waals surface area (Å²) in [4.78, 5) is 26.0. The Labute approximate surface area is 217 Å². The number of unbranched alkanes of at least 4 members (excludes halogenated alkanes) is 3. The minimum absolute atomic E-state index is 0.0323. The van der Waals surface area contributed by atoms with E-state index in [1.807, 2.05) is 13.8 Å². The van der Waals surface area contributed by atoms with Crippen molar-refractivity contribution < 1.29 is 19.7 Å². The quantitative estimate of drug-likeness (QED) is 0.188. The van der Waals surface area contributed by atoms with Crippen molar-refractivity contribution in [2.45, 2.75) is 46.5 Å². The molecular weight excluding hydrogens is 466 g/mol. The first-order valence-corrected chi connectivity index (χ1v) is 12.7. The van der Waals surface area contributed by atoms with E-state index in [2.05, 4.69) is 21.9 Å². The maximum absolute atomic E-state index is 12.4. The van der Waals surface area contributed by atoms with Crippen LogP contribution in [0.3, 0.4) is 0 Å². The number of nitrogens with zero attached hydrogens (tertiary/aromatic N) is 3. The number of carbonyl (C=O) groups excluding carboxylic acids is 1. The third kappa shape index (κ3) is 7.13. The lowest BCUT2D eigenvalue weighted by Crippen LogP contribution is -2.06. The van der Waals surface area contributed by atoms with Gasteiger partial charge in [0.25, 0.3) is 0 Å². The molecule has 0 saturated heterocycles. The van der Waals surface area contributed by atoms with Gasteiger partial charge in [-0.1, -0.05) is 76.4 Å². The fourth-order valence-corrected chi connectivity index (χ4v) is 3.60. The lowest BCUT2D eigenvalue weighted by molar-refractivity contribution is 0.0498. The molecule has 0 amide bonds. The van der Waals surface area contributed by atoms with Gasteiger partial charge in [0.2, 0.25) is 0 Å². The van der Waals surface area contributed by atoms with Gasteiger partial charge in [0, 0.05) is 5.56 Å². The SMILES string of the molecule is CC.CCCCCCOC(=O)c1ccc(-c2nc(-c3ccccc3O)nc(-c3ccccc3O)n2)cc1. The van der Waals surface area contributed by atoms with Crippen LogP contribution in [0.1, 0.15) is 56.8 Å². The second-order valence-corrected chi connectivity index (χ2v) is 8.11. The first kappa shape index (κ1) is 27.3. The molecule has 0 unspecified atom stereocenters. The Bertz CT molecular complexity index is 1240. The van der Waals surface area contributed by atoms with Gasteiger partial charge in [-0.3, -0.25) is 0 Å². The third-order valence-electron chi connectivity index (χ3n) is 5.54. The highest BCUT2D eigenvalue weighted by Gasteiger charge is 2.16. The van der Waals surface area contributed by atoms with Crippen molar-refractivity contribution >= 4 is 5.97 Å². The minimum atomic E-state index is -0.367. The Hall–Kier alpha value is -4.26. The van der Waals surface area contributed by atoms with Gasteiger partial charge >= 0.3 is 5.97 Å². The lowest BCUT2D eigenvalue weighted by atomic mass is 10.1. The van der Waals surface area contributed by atoms with Gasteiger partial charge in [-0.05, 0) is 42.8 Å². The predicted molar refractivity (Wildman–Crippen MR) is 145 cm³/mol. The molecule has 37 heavy (non-hydrogen) atoms. The zero-order chi connectivity index (χ0) is 26.6. The molecule has 0 aliphatic heterocycles. The lowest BCUT2D eigenvalue weighted by Gasteiger charge is -2.10. The van der Waals surface area contributed by atoms with Gasteiger partial charge in [0.15, 0.2) is 17.5 Å². The van der Waals surface area contributed by atoms with Gasteiger partial charge in [0.05, 0.1) is 23.3 Å². The van der Waals surface area contributed by atoms with E-state index in [9.17, 15) is 15.0 Å². The molecule has 4 aromatic rings. The standard InChI is InChI=1S/C28H27N3O4.C2H6/c1-2-3-4-9-18-35-28(34)20-16-14-19(15-17-20)25-29-26(21-10-5-7-12-23(21)32)31-27(30-25)22-11-6-8-13-24(22)33;1-2/h5-8,10-17,32-33H,2-4,9,18H2,1H3;1-2H3. The zero-order valence-corrected chi connectivity index (χ0v) is 21.5. The van der Waals surface area contributed by atoms with Crippen LogP contribution in [-0.4, -0.2) is 37.7 Å². The van der Waals surface area contributed by atoms with Crippen LogP contribution in [0.5, 0.6) is 11.5 Å². The average molecular weight is 500 g/mol. The van der Waals surface area contributed by atoms with Crippen molar-refractivity contribution in [2.24, 2.45) is 0 Å². The van der Waals surface area contributed by atoms with E-state index in [4.69, 9.17) is 4.74 Å². The number of hydrogen-bond donors (Lipinski definition) is 2. The fourth-order valence-electron chi connectivity index (χ4n) is 3.60. The van der Waals surface area contributed by atoms with Crippen LogP contribution in [0.4, 0.5) is 0 Å². The molecule has 7 nitrogen and oxygen atoms in total. The smallest absolute Gasteiger partial charge is 0.338 e. The highest BCUT2D eigenvalue weighted by molar-refractivity contribution is 5.90. The highest BCUT2D eigenvalue weighted by atomic mass is 16.5. The van der Waals surface area contributed by atoms with E-state index >= 15 is 0 Å². The number of aromatic nitrogens is 3. The summed E-state index contributed by atoms with van der Waals surface area (Å²) in [5.41, 5.74) is 1.98. The van der Waals surface area contributed by atoms with E-state index in [0.29, 0.717) is 34.7 Å². The number of phenolic OH excluding ortho intramolecular Hbond substituents is 2. The molecule has 0 bridgehead atoms. The maximum Gasteiger partial charge on any atom is 0.338 e. The molecule has 0 atom stereocenters. The monoisotopic (exact) mass is 499 g/mol. The van der Waals surface area contributed by atoms with Gasteiger partial charge in [-0.15, -0.1) is 0 Å². The summed E-state index contributed by atoms with van der Waals surface area (Å²) < 4.78 is 5.36. The molecule has 0 aliphatic rings. The second-order valence-electron chi connectivity index (χ2n) is 8.11. The van der Waals surface area contributed by atoms with Crippen LogP contribution < -0.4 is 0 Å². The van der Waals surface area contributed by atoms with Crippen LogP contribution in [0.25, 0.3) is 34.2 Å². The summed E-state index contributed by atoms with van der Waals surface area (Å²) in [6.45, 7) is 6.54. The fraction of sp³-hybridized carbons (Fsp3) is 0.267. The molecule has 0 saturated carbocycles. The zero-order valence-electron chi connectivity index (χ0n) is 21.5. The number of phenols is 2. The molecule has 0 spiro atoms. The number of aromatic hydroxyl groups is 2. The normalized spacial score (nSPS) is 10.4. The largest absolute Gasteiger partial charge is 0.507 e. The first-order chi connectivity index (χ1) is 18.1. The van der Waals surface area contributed by atoms with E-state index in [1.165, 1.54) is 0 Å². The van der Waals surface area contributed by atoms with Crippen LogP contribution in [0, 0.1) is 0 Å². The van der Waals surface area contributed by atoms with Gasteiger partial charge in [-0.2, -0.15) is 0 Å². The highest BCUT2D eigenvalue weighted by Crippen LogP contribution is 2.32. The molecule has 2 N–H and O–H groups in total. The van der Waals surface area contributed by atoms with E-state index in [1.54, 1.807) is 72.8 Å². The van der Waals surface area contributed by atoms with E-state index in [0.717, 1.165) is 25.7 Å². The van der Waals surface area contributed by atoms with Crippen molar-refractivity contribution in [3.8, 4) is 45.7 Å². The van der Waals surface area contributed by atoms with Crippen LogP contribution in [0.15, 0.2) is 72.8 Å². The number of benzene rings is 3.